The van der Waals surface area contributed by atoms with Crippen LogP contribution in [0.25, 0.3) is 21.8 Å². The zero-order valence-corrected chi connectivity index (χ0v) is 11.8. The molecule has 18 heavy (non-hydrogen) atoms. The van der Waals surface area contributed by atoms with Crippen molar-refractivity contribution in [1.82, 2.24) is 9.97 Å². The number of hydrogen-bond acceptors (Lipinski definition) is 3. The Bertz CT molecular complexity index is 648. The summed E-state index contributed by atoms with van der Waals surface area (Å²) in [5, 5.41) is 2.91. The fourth-order valence-corrected chi connectivity index (χ4v) is 2.85. The van der Waals surface area contributed by atoms with E-state index >= 15 is 0 Å². The van der Waals surface area contributed by atoms with Gasteiger partial charge in [0.25, 0.3) is 0 Å². The van der Waals surface area contributed by atoms with E-state index in [-0.39, 0.29) is 0 Å². The van der Waals surface area contributed by atoms with Crippen molar-refractivity contribution in [3.63, 3.8) is 0 Å². The monoisotopic (exact) mass is 316 g/mol. The first-order valence-electron chi connectivity index (χ1n) is 5.45. The predicted molar refractivity (Wildman–Crippen MR) is 78.5 cm³/mol. The van der Waals surface area contributed by atoms with Gasteiger partial charge in [0.15, 0.2) is 0 Å². The maximum atomic E-state index is 4.47. The van der Waals surface area contributed by atoms with Crippen molar-refractivity contribution >= 4 is 27.3 Å². The first kappa shape index (κ1) is 11.6. The molecule has 3 rings (SSSR count). The Morgan fingerprint density at radius 3 is 2.56 bits per heavy atom. The highest BCUT2D eigenvalue weighted by atomic mass is 79.9. The minimum atomic E-state index is 0.917. The molecule has 0 radical (unpaired) electrons. The number of pyridine rings is 1. The smallest absolute Gasteiger partial charge is 0.141 e. The standard InChI is InChI=1S/C14H9BrN2S/c15-12-4-2-1-3-11(12)10-5-6-13(17-9-10)14-16-7-8-18-14/h1-9H. The third kappa shape index (κ3) is 2.21. The molecule has 0 fully saturated rings. The number of rotatable bonds is 2. The molecule has 2 heterocycles. The summed E-state index contributed by atoms with van der Waals surface area (Å²) in [6, 6.07) is 12.2. The largest absolute Gasteiger partial charge is 0.253 e. The quantitative estimate of drug-likeness (QED) is 0.688. The van der Waals surface area contributed by atoms with Gasteiger partial charge in [-0.05, 0) is 17.7 Å². The maximum absolute atomic E-state index is 4.47. The molecule has 2 nitrogen and oxygen atoms in total. The van der Waals surface area contributed by atoms with Crippen LogP contribution in [0, 0.1) is 0 Å². The lowest BCUT2D eigenvalue weighted by molar-refractivity contribution is 1.29. The molecule has 0 amide bonds. The van der Waals surface area contributed by atoms with Crippen molar-refractivity contribution in [3.8, 4) is 21.8 Å². The van der Waals surface area contributed by atoms with Crippen molar-refractivity contribution in [3.05, 3.63) is 58.6 Å². The molecule has 2 aromatic heterocycles. The number of aromatic nitrogens is 2. The average molecular weight is 317 g/mol. The van der Waals surface area contributed by atoms with Gasteiger partial charge in [-0.1, -0.05) is 40.2 Å². The van der Waals surface area contributed by atoms with E-state index in [0.29, 0.717) is 0 Å². The molecule has 0 N–H and O–H groups in total. The number of thiazole rings is 1. The molecular formula is C14H9BrN2S. The van der Waals surface area contributed by atoms with Crippen molar-refractivity contribution in [2.24, 2.45) is 0 Å². The van der Waals surface area contributed by atoms with E-state index in [1.54, 1.807) is 17.5 Å². The Balaban J connectivity index is 1.99. The van der Waals surface area contributed by atoms with Crippen LogP contribution in [0.4, 0.5) is 0 Å². The van der Waals surface area contributed by atoms with Crippen LogP contribution in [0.2, 0.25) is 0 Å². The summed E-state index contributed by atoms with van der Waals surface area (Å²) < 4.78 is 1.08. The molecule has 0 aliphatic carbocycles. The van der Waals surface area contributed by atoms with Crippen LogP contribution in [0.1, 0.15) is 0 Å². The molecule has 0 saturated carbocycles. The van der Waals surface area contributed by atoms with E-state index in [1.165, 1.54) is 0 Å². The fourth-order valence-electron chi connectivity index (χ4n) is 1.72. The van der Waals surface area contributed by atoms with Gasteiger partial charge < -0.3 is 0 Å². The summed E-state index contributed by atoms with van der Waals surface area (Å²) in [7, 11) is 0. The Morgan fingerprint density at radius 1 is 1.00 bits per heavy atom. The van der Waals surface area contributed by atoms with Crippen LogP contribution in [-0.4, -0.2) is 9.97 Å². The minimum Gasteiger partial charge on any atom is -0.253 e. The van der Waals surface area contributed by atoms with Crippen molar-refractivity contribution < 1.29 is 0 Å². The van der Waals surface area contributed by atoms with Crippen LogP contribution in [0.15, 0.2) is 58.6 Å². The first-order chi connectivity index (χ1) is 8.84. The topological polar surface area (TPSA) is 25.8 Å². The van der Waals surface area contributed by atoms with E-state index < -0.39 is 0 Å². The van der Waals surface area contributed by atoms with Crippen LogP contribution in [0.5, 0.6) is 0 Å². The first-order valence-corrected chi connectivity index (χ1v) is 7.13. The maximum Gasteiger partial charge on any atom is 0.141 e. The van der Waals surface area contributed by atoms with Gasteiger partial charge in [-0.25, -0.2) is 4.98 Å². The summed E-state index contributed by atoms with van der Waals surface area (Å²) >= 11 is 5.15. The zero-order chi connectivity index (χ0) is 12.4. The van der Waals surface area contributed by atoms with Crippen LogP contribution in [-0.2, 0) is 0 Å². The van der Waals surface area contributed by atoms with Crippen LogP contribution < -0.4 is 0 Å². The van der Waals surface area contributed by atoms with Gasteiger partial charge in [0.05, 0.1) is 5.69 Å². The van der Waals surface area contributed by atoms with Crippen molar-refractivity contribution in [2.75, 3.05) is 0 Å². The van der Waals surface area contributed by atoms with E-state index in [9.17, 15) is 0 Å². The van der Waals surface area contributed by atoms with Gasteiger partial charge in [-0.15, -0.1) is 11.3 Å². The summed E-state index contributed by atoms with van der Waals surface area (Å²) in [5.41, 5.74) is 3.17. The molecule has 0 aliphatic rings. The van der Waals surface area contributed by atoms with E-state index in [0.717, 1.165) is 26.3 Å². The highest BCUT2D eigenvalue weighted by Gasteiger charge is 2.05. The average Bonchev–Trinajstić information content (AvgIpc) is 2.94. The normalized spacial score (nSPS) is 10.5. The lowest BCUT2D eigenvalue weighted by Gasteiger charge is -2.04. The molecule has 1 aromatic carbocycles. The number of benzene rings is 1. The van der Waals surface area contributed by atoms with Gasteiger partial charge in [-0.2, -0.15) is 0 Å². The number of hydrogen-bond donors (Lipinski definition) is 0. The van der Waals surface area contributed by atoms with Gasteiger partial charge in [0.2, 0.25) is 0 Å². The third-order valence-corrected chi connectivity index (χ3v) is 4.09. The van der Waals surface area contributed by atoms with Gasteiger partial charge in [-0.3, -0.25) is 4.98 Å². The second-order valence-corrected chi connectivity index (χ2v) is 5.50. The number of nitrogens with zero attached hydrogens (tertiary/aromatic N) is 2. The molecule has 0 unspecified atom stereocenters. The lowest BCUT2D eigenvalue weighted by Crippen LogP contribution is -1.85. The summed E-state index contributed by atoms with van der Waals surface area (Å²) in [6.45, 7) is 0. The Morgan fingerprint density at radius 2 is 1.89 bits per heavy atom. The molecule has 0 atom stereocenters. The molecule has 4 heteroatoms. The van der Waals surface area contributed by atoms with Gasteiger partial charge in [0, 0.05) is 27.8 Å². The zero-order valence-electron chi connectivity index (χ0n) is 9.38. The van der Waals surface area contributed by atoms with Gasteiger partial charge >= 0.3 is 0 Å². The summed E-state index contributed by atoms with van der Waals surface area (Å²) in [6.07, 6.45) is 3.68. The SMILES string of the molecule is Brc1ccccc1-c1ccc(-c2nccs2)nc1. The van der Waals surface area contributed by atoms with Crippen LogP contribution >= 0.6 is 27.3 Å². The summed E-state index contributed by atoms with van der Waals surface area (Å²) in [4.78, 5) is 8.72. The van der Waals surface area contributed by atoms with E-state index in [1.807, 2.05) is 35.8 Å². The molecule has 3 aromatic rings. The molecule has 0 saturated heterocycles. The second kappa shape index (κ2) is 5.00. The Labute approximate surface area is 117 Å². The predicted octanol–water partition coefficient (Wildman–Crippen LogP) is 4.63. The minimum absolute atomic E-state index is 0.917. The highest BCUT2D eigenvalue weighted by molar-refractivity contribution is 9.10. The van der Waals surface area contributed by atoms with E-state index in [2.05, 4.69) is 38.0 Å². The van der Waals surface area contributed by atoms with E-state index in [4.69, 9.17) is 0 Å². The van der Waals surface area contributed by atoms with Gasteiger partial charge in [0.1, 0.15) is 5.01 Å². The fraction of sp³-hybridized carbons (Fsp3) is 0. The molecule has 88 valence electrons. The molecule has 0 bridgehead atoms. The van der Waals surface area contributed by atoms with Crippen molar-refractivity contribution in [2.45, 2.75) is 0 Å². The Hall–Kier alpha value is -1.52. The highest BCUT2D eigenvalue weighted by Crippen LogP contribution is 2.28. The lowest BCUT2D eigenvalue weighted by atomic mass is 10.1. The number of halogens is 1. The molecule has 0 spiro atoms. The molecular weight excluding hydrogens is 308 g/mol. The summed E-state index contributed by atoms with van der Waals surface area (Å²) in [5.74, 6) is 0. The second-order valence-electron chi connectivity index (χ2n) is 3.75. The van der Waals surface area contributed by atoms with Crippen LogP contribution in [0.3, 0.4) is 0 Å². The Kier molecular flexibility index (Phi) is 3.21. The molecule has 0 aliphatic heterocycles. The third-order valence-electron chi connectivity index (χ3n) is 2.60. The van der Waals surface area contributed by atoms with Crippen molar-refractivity contribution in [1.29, 1.82) is 0 Å².